The van der Waals surface area contributed by atoms with E-state index < -0.39 is 0 Å². The molecule has 0 bridgehead atoms. The van der Waals surface area contributed by atoms with Crippen LogP contribution in [0, 0.1) is 0 Å². The highest BCUT2D eigenvalue weighted by Gasteiger charge is 2.18. The van der Waals surface area contributed by atoms with Crippen molar-refractivity contribution >= 4 is 17.7 Å². The molecule has 3 aromatic rings. The number of carbonyl (C=O) groups excluding carboxylic acids is 1. The molecule has 0 saturated heterocycles. The third kappa shape index (κ3) is 4.36. The first-order chi connectivity index (χ1) is 13.7. The number of amides is 1. The Morgan fingerprint density at radius 1 is 1.04 bits per heavy atom. The van der Waals surface area contributed by atoms with Crippen molar-refractivity contribution in [3.05, 3.63) is 54.6 Å². The molecule has 0 aliphatic rings. The Morgan fingerprint density at radius 2 is 1.71 bits per heavy atom. The summed E-state index contributed by atoms with van der Waals surface area (Å²) in [6.45, 7) is 5.38. The third-order valence-corrected chi connectivity index (χ3v) is 5.35. The fourth-order valence-corrected chi connectivity index (χ4v) is 3.75. The minimum absolute atomic E-state index is 0.0977. The summed E-state index contributed by atoms with van der Waals surface area (Å²) >= 11 is 1.40. The number of hydrogen-bond donors (Lipinski definition) is 0. The van der Waals surface area contributed by atoms with Crippen molar-refractivity contribution in [3.8, 4) is 22.8 Å². The highest BCUT2D eigenvalue weighted by Crippen LogP contribution is 2.29. The number of thioether (sulfide) groups is 1. The van der Waals surface area contributed by atoms with Gasteiger partial charge in [0.25, 0.3) is 0 Å². The van der Waals surface area contributed by atoms with Crippen LogP contribution in [0.5, 0.6) is 5.75 Å². The lowest BCUT2D eigenvalue weighted by molar-refractivity contribution is -0.127. The molecule has 2 aromatic carbocycles. The van der Waals surface area contributed by atoms with Gasteiger partial charge in [-0.3, -0.25) is 9.36 Å². The Labute approximate surface area is 169 Å². The van der Waals surface area contributed by atoms with E-state index in [1.54, 1.807) is 7.11 Å². The largest absolute Gasteiger partial charge is 0.497 e. The SMILES string of the molecule is CCN(CC)C(=O)CSc1nnc(-c2ccccc2)n1-c1ccc(OC)cc1. The molecule has 1 amide bonds. The van der Waals surface area contributed by atoms with Crippen LogP contribution in [-0.2, 0) is 4.79 Å². The van der Waals surface area contributed by atoms with Crippen LogP contribution in [0.2, 0.25) is 0 Å². The summed E-state index contributed by atoms with van der Waals surface area (Å²) in [6.07, 6.45) is 0. The van der Waals surface area contributed by atoms with Crippen molar-refractivity contribution in [2.24, 2.45) is 0 Å². The van der Waals surface area contributed by atoms with E-state index in [9.17, 15) is 4.79 Å². The van der Waals surface area contributed by atoms with Crippen LogP contribution >= 0.6 is 11.8 Å². The van der Waals surface area contributed by atoms with Gasteiger partial charge >= 0.3 is 0 Å². The zero-order chi connectivity index (χ0) is 19.9. The van der Waals surface area contributed by atoms with Crippen molar-refractivity contribution in [3.63, 3.8) is 0 Å². The van der Waals surface area contributed by atoms with Gasteiger partial charge in [-0.15, -0.1) is 10.2 Å². The summed E-state index contributed by atoms with van der Waals surface area (Å²) in [6, 6.07) is 17.6. The van der Waals surface area contributed by atoms with E-state index in [4.69, 9.17) is 4.74 Å². The van der Waals surface area contributed by atoms with Crippen molar-refractivity contribution in [1.82, 2.24) is 19.7 Å². The second-order valence-electron chi connectivity index (χ2n) is 6.06. The summed E-state index contributed by atoms with van der Waals surface area (Å²) in [7, 11) is 1.64. The molecule has 0 aliphatic carbocycles. The smallest absolute Gasteiger partial charge is 0.233 e. The number of nitrogens with zero attached hydrogens (tertiary/aromatic N) is 4. The molecule has 0 unspecified atom stereocenters. The van der Waals surface area contributed by atoms with Gasteiger partial charge in [-0.1, -0.05) is 42.1 Å². The minimum atomic E-state index is 0.0977. The normalized spacial score (nSPS) is 10.7. The van der Waals surface area contributed by atoms with Crippen LogP contribution in [0.1, 0.15) is 13.8 Å². The first-order valence-electron chi connectivity index (χ1n) is 9.23. The van der Waals surface area contributed by atoms with E-state index in [1.165, 1.54) is 11.8 Å². The Kier molecular flexibility index (Phi) is 6.71. The second-order valence-corrected chi connectivity index (χ2v) is 7.00. The number of carbonyl (C=O) groups is 1. The maximum absolute atomic E-state index is 12.4. The van der Waals surface area contributed by atoms with E-state index in [2.05, 4.69) is 10.2 Å². The van der Waals surface area contributed by atoms with Crippen LogP contribution in [0.3, 0.4) is 0 Å². The van der Waals surface area contributed by atoms with E-state index in [0.29, 0.717) is 24.0 Å². The molecule has 28 heavy (non-hydrogen) atoms. The molecule has 1 heterocycles. The lowest BCUT2D eigenvalue weighted by Crippen LogP contribution is -2.31. The maximum Gasteiger partial charge on any atom is 0.233 e. The van der Waals surface area contributed by atoms with Crippen LogP contribution in [0.15, 0.2) is 59.8 Å². The monoisotopic (exact) mass is 396 g/mol. The first kappa shape index (κ1) is 19.9. The molecule has 0 saturated carbocycles. The third-order valence-electron chi connectivity index (χ3n) is 4.44. The summed E-state index contributed by atoms with van der Waals surface area (Å²) in [4.78, 5) is 14.2. The van der Waals surface area contributed by atoms with E-state index in [1.807, 2.05) is 77.9 Å². The topological polar surface area (TPSA) is 60.2 Å². The standard InChI is InChI=1S/C21H24N4O2S/c1-4-24(5-2)19(26)15-28-21-23-22-20(16-9-7-6-8-10-16)25(21)17-11-13-18(27-3)14-12-17/h6-14H,4-5,15H2,1-3H3. The second kappa shape index (κ2) is 9.41. The summed E-state index contributed by atoms with van der Waals surface area (Å²) in [5, 5.41) is 9.46. The lowest BCUT2D eigenvalue weighted by Gasteiger charge is -2.18. The maximum atomic E-state index is 12.4. The van der Waals surface area contributed by atoms with Gasteiger partial charge in [0.15, 0.2) is 11.0 Å². The van der Waals surface area contributed by atoms with Gasteiger partial charge in [0.1, 0.15) is 5.75 Å². The molecular weight excluding hydrogens is 372 g/mol. The zero-order valence-corrected chi connectivity index (χ0v) is 17.1. The highest BCUT2D eigenvalue weighted by atomic mass is 32.2. The average Bonchev–Trinajstić information content (AvgIpc) is 3.17. The van der Waals surface area contributed by atoms with Crippen LogP contribution in [0.25, 0.3) is 17.1 Å². The number of methoxy groups -OCH3 is 1. The van der Waals surface area contributed by atoms with Gasteiger partial charge in [0.2, 0.25) is 5.91 Å². The Hall–Kier alpha value is -2.80. The van der Waals surface area contributed by atoms with Crippen molar-refractivity contribution in [1.29, 1.82) is 0 Å². The van der Waals surface area contributed by atoms with Crippen LogP contribution < -0.4 is 4.74 Å². The lowest BCUT2D eigenvalue weighted by atomic mass is 10.2. The molecule has 0 N–H and O–H groups in total. The Morgan fingerprint density at radius 3 is 2.32 bits per heavy atom. The number of ether oxygens (including phenoxy) is 1. The van der Waals surface area contributed by atoms with E-state index in [0.717, 1.165) is 22.8 Å². The molecule has 1 aromatic heterocycles. The summed E-state index contributed by atoms with van der Waals surface area (Å²) in [5.74, 6) is 1.94. The van der Waals surface area contributed by atoms with Gasteiger partial charge in [0, 0.05) is 24.3 Å². The molecule has 0 spiro atoms. The molecule has 7 heteroatoms. The summed E-state index contributed by atoms with van der Waals surface area (Å²) in [5.41, 5.74) is 1.88. The molecule has 0 fully saturated rings. The Balaban J connectivity index is 1.96. The number of benzene rings is 2. The quantitative estimate of drug-likeness (QED) is 0.541. The highest BCUT2D eigenvalue weighted by molar-refractivity contribution is 7.99. The van der Waals surface area contributed by atoms with Crippen molar-refractivity contribution < 1.29 is 9.53 Å². The average molecular weight is 397 g/mol. The van der Waals surface area contributed by atoms with Gasteiger partial charge in [-0.25, -0.2) is 0 Å². The molecule has 0 radical (unpaired) electrons. The zero-order valence-electron chi connectivity index (χ0n) is 16.3. The molecule has 0 atom stereocenters. The van der Waals surface area contributed by atoms with Crippen molar-refractivity contribution in [2.45, 2.75) is 19.0 Å². The molecule has 3 rings (SSSR count). The molecule has 6 nitrogen and oxygen atoms in total. The van der Waals surface area contributed by atoms with Gasteiger partial charge < -0.3 is 9.64 Å². The van der Waals surface area contributed by atoms with Crippen LogP contribution in [0.4, 0.5) is 0 Å². The number of aromatic nitrogens is 3. The minimum Gasteiger partial charge on any atom is -0.497 e. The number of rotatable bonds is 8. The van der Waals surface area contributed by atoms with Gasteiger partial charge in [-0.05, 0) is 38.1 Å². The predicted octanol–water partition coefficient (Wildman–Crippen LogP) is 3.90. The molecule has 146 valence electrons. The first-order valence-corrected chi connectivity index (χ1v) is 10.2. The Bertz CT molecular complexity index is 906. The van der Waals surface area contributed by atoms with E-state index >= 15 is 0 Å². The van der Waals surface area contributed by atoms with Gasteiger partial charge in [-0.2, -0.15) is 0 Å². The fourth-order valence-electron chi connectivity index (χ4n) is 2.90. The summed E-state index contributed by atoms with van der Waals surface area (Å²) < 4.78 is 7.25. The number of hydrogen-bond acceptors (Lipinski definition) is 5. The van der Waals surface area contributed by atoms with Crippen molar-refractivity contribution in [2.75, 3.05) is 26.0 Å². The van der Waals surface area contributed by atoms with Gasteiger partial charge in [0.05, 0.1) is 12.9 Å². The van der Waals surface area contributed by atoms with Crippen LogP contribution in [-0.4, -0.2) is 51.5 Å². The van der Waals surface area contributed by atoms with E-state index in [-0.39, 0.29) is 5.91 Å². The predicted molar refractivity (Wildman–Crippen MR) is 112 cm³/mol. The fraction of sp³-hybridized carbons (Fsp3) is 0.286. The molecular formula is C21H24N4O2S. The molecule has 0 aliphatic heterocycles.